The maximum absolute atomic E-state index is 12.0. The van der Waals surface area contributed by atoms with Crippen LogP contribution in [0.1, 0.15) is 35.2 Å². The molecule has 1 aliphatic heterocycles. The summed E-state index contributed by atoms with van der Waals surface area (Å²) in [6.07, 6.45) is 3.40. The van der Waals surface area contributed by atoms with Crippen LogP contribution in [0.5, 0.6) is 0 Å². The summed E-state index contributed by atoms with van der Waals surface area (Å²) in [5, 5.41) is 5.50. The van der Waals surface area contributed by atoms with Crippen LogP contribution in [0.4, 0.5) is 0 Å². The van der Waals surface area contributed by atoms with Crippen molar-refractivity contribution in [2.45, 2.75) is 30.9 Å². The lowest BCUT2D eigenvalue weighted by molar-refractivity contribution is 0.545. The number of nitrogens with zero attached hydrogens (tertiary/aromatic N) is 1. The van der Waals surface area contributed by atoms with Crippen LogP contribution in [0.25, 0.3) is 0 Å². The maximum Gasteiger partial charge on any atom is 0.159 e. The van der Waals surface area contributed by atoms with Crippen LogP contribution in [0.15, 0.2) is 5.38 Å². The van der Waals surface area contributed by atoms with E-state index in [9.17, 15) is 8.42 Å². The Kier molecular flexibility index (Phi) is 4.17. The van der Waals surface area contributed by atoms with Gasteiger partial charge < -0.3 is 5.32 Å². The van der Waals surface area contributed by atoms with Crippen molar-refractivity contribution in [2.75, 3.05) is 19.3 Å². The number of aromatic nitrogens is 1. The van der Waals surface area contributed by atoms with Crippen LogP contribution >= 0.6 is 11.3 Å². The first-order valence-electron chi connectivity index (χ1n) is 5.94. The molecule has 1 N–H and O–H groups in total. The fraction of sp³-hybridized carbons (Fsp3) is 0.727. The molecular formula is C11H18N2O2S2. The molecule has 17 heavy (non-hydrogen) atoms. The summed E-state index contributed by atoms with van der Waals surface area (Å²) in [5.74, 6) is 0.323. The largest absolute Gasteiger partial charge is 0.319 e. The smallest absolute Gasteiger partial charge is 0.159 e. The second-order valence-corrected chi connectivity index (χ2v) is 7.57. The van der Waals surface area contributed by atoms with Gasteiger partial charge in [0.2, 0.25) is 0 Å². The highest BCUT2D eigenvalue weighted by Gasteiger charge is 2.32. The Hall–Kier alpha value is -0.460. The minimum absolute atomic E-state index is 0.323. The first kappa shape index (κ1) is 13.0. The van der Waals surface area contributed by atoms with Gasteiger partial charge in [-0.25, -0.2) is 13.4 Å². The molecule has 0 bridgehead atoms. The standard InChI is InChI=1S/C11H18N2O2S2/c1-12-6-5-9-8-16-11(13-9)10-4-2-3-7-17(10,14)15/h8,10,12H,2-7H2,1H3. The first-order valence-corrected chi connectivity index (χ1v) is 8.53. The Labute approximate surface area is 106 Å². The van der Waals surface area contributed by atoms with Gasteiger partial charge >= 0.3 is 0 Å². The SMILES string of the molecule is CNCCc1csc(C2CCCCS2(=O)=O)n1. The molecule has 1 saturated heterocycles. The highest BCUT2D eigenvalue weighted by atomic mass is 32.2. The summed E-state index contributed by atoms with van der Waals surface area (Å²) < 4.78 is 23.9. The van der Waals surface area contributed by atoms with Crippen molar-refractivity contribution in [2.24, 2.45) is 0 Å². The van der Waals surface area contributed by atoms with E-state index in [2.05, 4.69) is 10.3 Å². The third kappa shape index (κ3) is 3.05. The molecule has 2 rings (SSSR count). The molecule has 6 heteroatoms. The Morgan fingerprint density at radius 3 is 3.06 bits per heavy atom. The van der Waals surface area contributed by atoms with Crippen LogP contribution in [0, 0.1) is 0 Å². The van der Waals surface area contributed by atoms with Gasteiger partial charge in [-0.15, -0.1) is 11.3 Å². The molecule has 1 atom stereocenters. The summed E-state index contributed by atoms with van der Waals surface area (Å²) in [5.41, 5.74) is 1.00. The second-order valence-electron chi connectivity index (χ2n) is 4.38. The van der Waals surface area contributed by atoms with E-state index in [-0.39, 0.29) is 5.25 Å². The molecule has 0 radical (unpaired) electrons. The molecule has 96 valence electrons. The summed E-state index contributed by atoms with van der Waals surface area (Å²) in [6.45, 7) is 0.876. The third-order valence-electron chi connectivity index (χ3n) is 3.05. The number of sulfone groups is 1. The minimum atomic E-state index is -2.95. The van der Waals surface area contributed by atoms with Gasteiger partial charge in [-0.1, -0.05) is 6.42 Å². The van der Waals surface area contributed by atoms with Gasteiger partial charge in [-0.05, 0) is 19.9 Å². The predicted molar refractivity (Wildman–Crippen MR) is 70.1 cm³/mol. The van der Waals surface area contributed by atoms with Crippen molar-refractivity contribution >= 4 is 21.2 Å². The average molecular weight is 274 g/mol. The predicted octanol–water partition coefficient (Wildman–Crippen LogP) is 1.54. The molecular weight excluding hydrogens is 256 g/mol. The fourth-order valence-electron chi connectivity index (χ4n) is 2.07. The average Bonchev–Trinajstić information content (AvgIpc) is 2.74. The fourth-order valence-corrected chi connectivity index (χ4v) is 5.32. The maximum atomic E-state index is 12.0. The zero-order chi connectivity index (χ0) is 12.3. The zero-order valence-corrected chi connectivity index (χ0v) is 11.6. The topological polar surface area (TPSA) is 59.1 Å². The van der Waals surface area contributed by atoms with Crippen LogP contribution < -0.4 is 5.32 Å². The van der Waals surface area contributed by atoms with Gasteiger partial charge in [-0.2, -0.15) is 0 Å². The summed E-state index contributed by atoms with van der Waals surface area (Å²) in [6, 6.07) is 0. The number of hydrogen-bond donors (Lipinski definition) is 1. The third-order valence-corrected chi connectivity index (χ3v) is 6.39. The monoisotopic (exact) mass is 274 g/mol. The Bertz CT molecular complexity index is 468. The van der Waals surface area contributed by atoms with Gasteiger partial charge in [-0.3, -0.25) is 0 Å². The normalized spacial score (nSPS) is 23.7. The van der Waals surface area contributed by atoms with E-state index in [1.54, 1.807) is 0 Å². The molecule has 1 aromatic heterocycles. The lowest BCUT2D eigenvalue weighted by atomic mass is 10.2. The van der Waals surface area contributed by atoms with Gasteiger partial charge in [0.05, 0.1) is 11.4 Å². The van der Waals surface area contributed by atoms with E-state index in [1.807, 2.05) is 12.4 Å². The van der Waals surface area contributed by atoms with E-state index in [0.717, 1.165) is 42.9 Å². The molecule has 1 unspecified atom stereocenters. The van der Waals surface area contributed by atoms with E-state index in [0.29, 0.717) is 5.75 Å². The molecule has 0 saturated carbocycles. The van der Waals surface area contributed by atoms with E-state index < -0.39 is 9.84 Å². The number of thiazole rings is 1. The van der Waals surface area contributed by atoms with Gasteiger partial charge in [0.25, 0.3) is 0 Å². The number of likely N-dealkylation sites (N-methyl/N-ethyl adjacent to an activating group) is 1. The first-order chi connectivity index (χ1) is 8.13. The highest BCUT2D eigenvalue weighted by molar-refractivity contribution is 7.91. The lowest BCUT2D eigenvalue weighted by Crippen LogP contribution is -2.21. The van der Waals surface area contributed by atoms with Gasteiger partial charge in [0.15, 0.2) is 9.84 Å². The molecule has 0 aliphatic carbocycles. The van der Waals surface area contributed by atoms with Crippen LogP contribution in [0.2, 0.25) is 0 Å². The van der Waals surface area contributed by atoms with Gasteiger partial charge in [0, 0.05) is 18.3 Å². The van der Waals surface area contributed by atoms with Crippen molar-refractivity contribution < 1.29 is 8.42 Å². The van der Waals surface area contributed by atoms with Crippen molar-refractivity contribution in [3.05, 3.63) is 16.1 Å². The molecule has 0 aromatic carbocycles. The molecule has 0 spiro atoms. The van der Waals surface area contributed by atoms with Crippen LogP contribution in [-0.2, 0) is 16.3 Å². The van der Waals surface area contributed by atoms with Crippen molar-refractivity contribution in [3.63, 3.8) is 0 Å². The molecule has 1 aromatic rings. The molecule has 2 heterocycles. The lowest BCUT2D eigenvalue weighted by Gasteiger charge is -2.19. The zero-order valence-electron chi connectivity index (χ0n) is 9.98. The summed E-state index contributed by atoms with van der Waals surface area (Å²) >= 11 is 1.49. The van der Waals surface area contributed by atoms with Crippen molar-refractivity contribution in [1.29, 1.82) is 0 Å². The van der Waals surface area contributed by atoms with Crippen molar-refractivity contribution in [3.8, 4) is 0 Å². The molecule has 1 aliphatic rings. The Morgan fingerprint density at radius 2 is 2.35 bits per heavy atom. The quantitative estimate of drug-likeness (QED) is 0.905. The minimum Gasteiger partial charge on any atom is -0.319 e. The number of rotatable bonds is 4. The second kappa shape index (κ2) is 5.46. The van der Waals surface area contributed by atoms with Crippen LogP contribution in [-0.4, -0.2) is 32.7 Å². The Balaban J connectivity index is 2.13. The highest BCUT2D eigenvalue weighted by Crippen LogP contribution is 2.34. The summed E-state index contributed by atoms with van der Waals surface area (Å²) in [4.78, 5) is 4.47. The molecule has 4 nitrogen and oxygen atoms in total. The number of hydrogen-bond acceptors (Lipinski definition) is 5. The van der Waals surface area contributed by atoms with E-state index >= 15 is 0 Å². The molecule has 1 fully saturated rings. The van der Waals surface area contributed by atoms with E-state index in [1.165, 1.54) is 11.3 Å². The van der Waals surface area contributed by atoms with Crippen molar-refractivity contribution in [1.82, 2.24) is 10.3 Å². The number of nitrogens with one attached hydrogen (secondary N) is 1. The van der Waals surface area contributed by atoms with Crippen LogP contribution in [0.3, 0.4) is 0 Å². The van der Waals surface area contributed by atoms with Gasteiger partial charge in [0.1, 0.15) is 10.3 Å². The molecule has 0 amide bonds. The summed E-state index contributed by atoms with van der Waals surface area (Å²) in [7, 11) is -1.05. The Morgan fingerprint density at radius 1 is 1.53 bits per heavy atom. The van der Waals surface area contributed by atoms with E-state index in [4.69, 9.17) is 0 Å².